The van der Waals surface area contributed by atoms with Crippen molar-refractivity contribution in [2.24, 2.45) is 18.9 Å². The van der Waals surface area contributed by atoms with Crippen LogP contribution < -0.4 is 5.32 Å². The van der Waals surface area contributed by atoms with Crippen LogP contribution in [0.4, 0.5) is 0 Å². The van der Waals surface area contributed by atoms with Crippen LogP contribution in [0.3, 0.4) is 0 Å². The number of imidazole rings is 1. The number of rotatable bonds is 4. The minimum Gasteiger partial charge on any atom is -0.353 e. The Morgan fingerprint density at radius 1 is 1.30 bits per heavy atom. The largest absolute Gasteiger partial charge is 0.353 e. The summed E-state index contributed by atoms with van der Waals surface area (Å²) < 4.78 is 2.07. The van der Waals surface area contributed by atoms with Crippen molar-refractivity contribution in [3.63, 3.8) is 0 Å². The van der Waals surface area contributed by atoms with E-state index in [4.69, 9.17) is 0 Å². The van der Waals surface area contributed by atoms with Gasteiger partial charge >= 0.3 is 0 Å². The van der Waals surface area contributed by atoms with E-state index in [0.29, 0.717) is 11.9 Å². The van der Waals surface area contributed by atoms with Gasteiger partial charge in [-0.1, -0.05) is 19.8 Å². The van der Waals surface area contributed by atoms with Gasteiger partial charge in [0.15, 0.2) is 0 Å². The Labute approximate surface area is 139 Å². The van der Waals surface area contributed by atoms with Crippen molar-refractivity contribution in [2.75, 3.05) is 13.1 Å². The van der Waals surface area contributed by atoms with Crippen LogP contribution in [0.1, 0.15) is 51.3 Å². The Balaban J connectivity index is 1.43. The predicted molar refractivity (Wildman–Crippen MR) is 90.8 cm³/mol. The van der Waals surface area contributed by atoms with Gasteiger partial charge in [0.1, 0.15) is 5.82 Å². The van der Waals surface area contributed by atoms with E-state index >= 15 is 0 Å². The van der Waals surface area contributed by atoms with E-state index in [-0.39, 0.29) is 5.92 Å². The Bertz CT molecular complexity index is 519. The van der Waals surface area contributed by atoms with Gasteiger partial charge in [-0.05, 0) is 44.7 Å². The fraction of sp³-hybridized carbons (Fsp3) is 0.778. The molecule has 1 saturated carbocycles. The molecular formula is C18H30N4O. The molecule has 2 heterocycles. The van der Waals surface area contributed by atoms with Gasteiger partial charge in [-0.25, -0.2) is 4.98 Å². The summed E-state index contributed by atoms with van der Waals surface area (Å²) in [6.07, 6.45) is 10.7. The van der Waals surface area contributed by atoms with Crippen molar-refractivity contribution in [1.82, 2.24) is 19.8 Å². The Kier molecular flexibility index (Phi) is 5.36. The highest BCUT2D eigenvalue weighted by molar-refractivity contribution is 5.79. The summed E-state index contributed by atoms with van der Waals surface area (Å²) in [7, 11) is 2.04. The number of aromatic nitrogens is 2. The van der Waals surface area contributed by atoms with Gasteiger partial charge in [0.25, 0.3) is 0 Å². The fourth-order valence-corrected chi connectivity index (χ4v) is 3.99. The molecule has 0 radical (unpaired) electrons. The highest BCUT2D eigenvalue weighted by Crippen LogP contribution is 2.25. The summed E-state index contributed by atoms with van der Waals surface area (Å²) in [6, 6.07) is 0.414. The third kappa shape index (κ3) is 4.34. The minimum absolute atomic E-state index is 0.199. The molecule has 0 unspecified atom stereocenters. The molecule has 1 aliphatic heterocycles. The van der Waals surface area contributed by atoms with Crippen LogP contribution in [0.2, 0.25) is 0 Å². The number of amides is 1. The first-order valence-electron chi connectivity index (χ1n) is 9.10. The normalized spacial score (nSPS) is 27.0. The highest BCUT2D eigenvalue weighted by Gasteiger charge is 2.28. The number of carbonyl (C=O) groups excluding carboxylic acids is 1. The zero-order chi connectivity index (χ0) is 16.2. The third-order valence-corrected chi connectivity index (χ3v) is 5.53. The molecule has 5 heteroatoms. The van der Waals surface area contributed by atoms with Gasteiger partial charge in [-0.2, -0.15) is 0 Å². The SMILES string of the molecule is C[C@@H]1CCC[C@@H](NC(=O)C2CCN(Cc3nccn3C)CC2)C1. The van der Waals surface area contributed by atoms with E-state index < -0.39 is 0 Å². The number of piperidine rings is 1. The molecule has 0 spiro atoms. The maximum Gasteiger partial charge on any atom is 0.223 e. The number of hydrogen-bond donors (Lipinski definition) is 1. The van der Waals surface area contributed by atoms with Gasteiger partial charge in [-0.3, -0.25) is 9.69 Å². The third-order valence-electron chi connectivity index (χ3n) is 5.53. The number of likely N-dealkylation sites (tertiary alicyclic amines) is 1. The van der Waals surface area contributed by atoms with Crippen LogP contribution in [0, 0.1) is 11.8 Å². The van der Waals surface area contributed by atoms with E-state index in [9.17, 15) is 4.79 Å². The molecule has 1 aromatic heterocycles. The van der Waals surface area contributed by atoms with Crippen molar-refractivity contribution < 1.29 is 4.79 Å². The minimum atomic E-state index is 0.199. The zero-order valence-electron chi connectivity index (χ0n) is 14.5. The van der Waals surface area contributed by atoms with E-state index in [1.807, 2.05) is 19.4 Å². The Hall–Kier alpha value is -1.36. The number of carbonyl (C=O) groups is 1. The fourth-order valence-electron chi connectivity index (χ4n) is 3.99. The average molecular weight is 318 g/mol. The summed E-state index contributed by atoms with van der Waals surface area (Å²) >= 11 is 0. The second kappa shape index (κ2) is 7.47. The number of nitrogens with one attached hydrogen (secondary N) is 1. The van der Waals surface area contributed by atoms with Crippen molar-refractivity contribution in [1.29, 1.82) is 0 Å². The van der Waals surface area contributed by atoms with Crippen molar-refractivity contribution in [2.45, 2.75) is 58.0 Å². The van der Waals surface area contributed by atoms with Gasteiger partial charge in [-0.15, -0.1) is 0 Å². The van der Waals surface area contributed by atoms with Crippen molar-refractivity contribution in [3.05, 3.63) is 18.2 Å². The zero-order valence-corrected chi connectivity index (χ0v) is 14.5. The van der Waals surface area contributed by atoms with E-state index in [2.05, 4.69) is 26.7 Å². The first-order chi connectivity index (χ1) is 11.1. The number of nitrogens with zero attached hydrogens (tertiary/aromatic N) is 3. The summed E-state index contributed by atoms with van der Waals surface area (Å²) in [5, 5.41) is 3.31. The molecule has 0 bridgehead atoms. The summed E-state index contributed by atoms with van der Waals surface area (Å²) in [5.41, 5.74) is 0. The van der Waals surface area contributed by atoms with Crippen molar-refractivity contribution >= 4 is 5.91 Å². The molecule has 3 rings (SSSR count). The van der Waals surface area contributed by atoms with Crippen LogP contribution in [-0.2, 0) is 18.4 Å². The monoisotopic (exact) mass is 318 g/mol. The summed E-state index contributed by atoms with van der Waals surface area (Å²) in [4.78, 5) is 19.3. The van der Waals surface area contributed by atoms with E-state index in [1.54, 1.807) is 0 Å². The lowest BCUT2D eigenvalue weighted by Crippen LogP contribution is -2.45. The topological polar surface area (TPSA) is 50.2 Å². The standard InChI is InChI=1S/C18H30N4O/c1-14-4-3-5-16(12-14)20-18(23)15-6-9-22(10-7-15)13-17-19-8-11-21(17)2/h8,11,14-16H,3-7,9-10,12-13H2,1-2H3,(H,20,23)/t14-,16-/m1/s1. The number of hydrogen-bond acceptors (Lipinski definition) is 3. The van der Waals surface area contributed by atoms with Gasteiger partial charge in [0, 0.05) is 31.4 Å². The number of aryl methyl sites for hydroxylation is 1. The molecule has 1 amide bonds. The summed E-state index contributed by atoms with van der Waals surface area (Å²) in [6.45, 7) is 5.17. The lowest BCUT2D eigenvalue weighted by Gasteiger charge is -2.33. The highest BCUT2D eigenvalue weighted by atomic mass is 16.1. The lowest BCUT2D eigenvalue weighted by atomic mass is 9.86. The first kappa shape index (κ1) is 16.5. The molecule has 128 valence electrons. The van der Waals surface area contributed by atoms with Crippen LogP contribution in [0.25, 0.3) is 0 Å². The molecule has 5 nitrogen and oxygen atoms in total. The molecule has 1 N–H and O–H groups in total. The second-order valence-electron chi connectivity index (χ2n) is 7.48. The Morgan fingerprint density at radius 3 is 2.74 bits per heavy atom. The maximum atomic E-state index is 12.5. The maximum absolute atomic E-state index is 12.5. The molecule has 23 heavy (non-hydrogen) atoms. The Morgan fingerprint density at radius 2 is 2.09 bits per heavy atom. The molecule has 1 aliphatic carbocycles. The van der Waals surface area contributed by atoms with Gasteiger partial charge < -0.3 is 9.88 Å². The molecule has 0 aromatic carbocycles. The van der Waals surface area contributed by atoms with Crippen LogP contribution in [0.5, 0.6) is 0 Å². The van der Waals surface area contributed by atoms with Gasteiger partial charge in [0.2, 0.25) is 5.91 Å². The second-order valence-corrected chi connectivity index (χ2v) is 7.48. The molecule has 2 fully saturated rings. The molecular weight excluding hydrogens is 288 g/mol. The van der Waals surface area contributed by atoms with E-state index in [1.165, 1.54) is 12.8 Å². The molecule has 1 aromatic rings. The van der Waals surface area contributed by atoms with Crippen LogP contribution in [-0.4, -0.2) is 39.5 Å². The smallest absolute Gasteiger partial charge is 0.223 e. The van der Waals surface area contributed by atoms with Gasteiger partial charge in [0.05, 0.1) is 6.54 Å². The summed E-state index contributed by atoms with van der Waals surface area (Å²) in [5.74, 6) is 2.35. The molecule has 1 saturated heterocycles. The average Bonchev–Trinajstić information content (AvgIpc) is 2.93. The van der Waals surface area contributed by atoms with E-state index in [0.717, 1.165) is 57.1 Å². The first-order valence-corrected chi connectivity index (χ1v) is 9.10. The van der Waals surface area contributed by atoms with Crippen LogP contribution in [0.15, 0.2) is 12.4 Å². The predicted octanol–water partition coefficient (Wildman–Crippen LogP) is 2.33. The lowest BCUT2D eigenvalue weighted by molar-refractivity contribution is -0.127. The quantitative estimate of drug-likeness (QED) is 0.927. The van der Waals surface area contributed by atoms with Crippen LogP contribution >= 0.6 is 0 Å². The van der Waals surface area contributed by atoms with Crippen molar-refractivity contribution in [3.8, 4) is 0 Å². The molecule has 2 atom stereocenters. The molecule has 2 aliphatic rings.